The SMILES string of the molecule is COCC1Cc2c(OC(C)C)cc(C(=O)O)cc2O1. The molecule has 19 heavy (non-hydrogen) atoms. The van der Waals surface area contributed by atoms with E-state index in [1.165, 1.54) is 0 Å². The second-order valence-corrected chi connectivity index (χ2v) is 4.82. The third-order valence-electron chi connectivity index (χ3n) is 2.86. The maximum atomic E-state index is 11.1. The highest BCUT2D eigenvalue weighted by atomic mass is 16.5. The van der Waals surface area contributed by atoms with Crippen LogP contribution in [0.25, 0.3) is 0 Å². The first-order chi connectivity index (χ1) is 9.01. The van der Waals surface area contributed by atoms with Gasteiger partial charge in [0.25, 0.3) is 0 Å². The minimum Gasteiger partial charge on any atom is -0.491 e. The third-order valence-corrected chi connectivity index (χ3v) is 2.86. The van der Waals surface area contributed by atoms with Crippen LogP contribution in [0.5, 0.6) is 11.5 Å². The molecule has 1 atom stereocenters. The lowest BCUT2D eigenvalue weighted by Crippen LogP contribution is -2.19. The molecule has 0 bridgehead atoms. The van der Waals surface area contributed by atoms with Crippen LogP contribution in [0, 0.1) is 0 Å². The molecule has 1 aromatic rings. The summed E-state index contributed by atoms with van der Waals surface area (Å²) < 4.78 is 16.5. The highest BCUT2D eigenvalue weighted by Gasteiger charge is 2.28. The van der Waals surface area contributed by atoms with Gasteiger partial charge >= 0.3 is 5.97 Å². The van der Waals surface area contributed by atoms with Gasteiger partial charge in [0.15, 0.2) is 0 Å². The molecule has 0 radical (unpaired) electrons. The monoisotopic (exact) mass is 266 g/mol. The summed E-state index contributed by atoms with van der Waals surface area (Å²) in [6, 6.07) is 3.10. The molecule has 0 fully saturated rings. The van der Waals surface area contributed by atoms with E-state index in [-0.39, 0.29) is 17.8 Å². The molecule has 0 spiro atoms. The molecule has 1 aromatic carbocycles. The predicted octanol–water partition coefficient (Wildman–Crippen LogP) is 2.12. The van der Waals surface area contributed by atoms with Gasteiger partial charge < -0.3 is 19.3 Å². The molecular weight excluding hydrogens is 248 g/mol. The minimum atomic E-state index is -0.991. The Balaban J connectivity index is 2.35. The van der Waals surface area contributed by atoms with Crippen molar-refractivity contribution in [2.24, 2.45) is 0 Å². The van der Waals surface area contributed by atoms with Crippen LogP contribution in [0.4, 0.5) is 0 Å². The number of rotatable bonds is 5. The first-order valence-electron chi connectivity index (χ1n) is 6.23. The number of fused-ring (bicyclic) bond motifs is 1. The van der Waals surface area contributed by atoms with E-state index < -0.39 is 5.97 Å². The Hall–Kier alpha value is -1.75. The largest absolute Gasteiger partial charge is 0.491 e. The number of hydrogen-bond acceptors (Lipinski definition) is 4. The van der Waals surface area contributed by atoms with Gasteiger partial charge in [-0.3, -0.25) is 0 Å². The van der Waals surface area contributed by atoms with Crippen molar-refractivity contribution in [1.29, 1.82) is 0 Å². The molecule has 0 aliphatic carbocycles. The van der Waals surface area contributed by atoms with E-state index in [1.807, 2.05) is 13.8 Å². The molecule has 1 N–H and O–H groups in total. The number of ether oxygens (including phenoxy) is 3. The van der Waals surface area contributed by atoms with E-state index in [9.17, 15) is 4.79 Å². The topological polar surface area (TPSA) is 65.0 Å². The molecule has 1 unspecified atom stereocenters. The van der Waals surface area contributed by atoms with E-state index in [0.29, 0.717) is 24.5 Å². The predicted molar refractivity (Wildman–Crippen MR) is 69.2 cm³/mol. The van der Waals surface area contributed by atoms with Crippen molar-refractivity contribution >= 4 is 5.97 Å². The molecule has 0 saturated carbocycles. The molecule has 2 rings (SSSR count). The van der Waals surface area contributed by atoms with Gasteiger partial charge in [0.2, 0.25) is 0 Å². The molecular formula is C14H18O5. The standard InChI is InChI=1S/C14H18O5/c1-8(2)18-12-4-9(14(15)16)5-13-11(12)6-10(19-13)7-17-3/h4-5,8,10H,6-7H2,1-3H3,(H,15,16). The molecule has 1 heterocycles. The van der Waals surface area contributed by atoms with Crippen molar-refractivity contribution in [3.8, 4) is 11.5 Å². The smallest absolute Gasteiger partial charge is 0.335 e. The van der Waals surface area contributed by atoms with E-state index in [1.54, 1.807) is 19.2 Å². The van der Waals surface area contributed by atoms with Crippen LogP contribution < -0.4 is 9.47 Å². The molecule has 1 aliphatic heterocycles. The fourth-order valence-electron chi connectivity index (χ4n) is 2.14. The summed E-state index contributed by atoms with van der Waals surface area (Å²) in [6.07, 6.45) is 0.568. The second kappa shape index (κ2) is 5.48. The van der Waals surface area contributed by atoms with Crippen molar-refractivity contribution in [3.05, 3.63) is 23.3 Å². The number of aromatic carboxylic acids is 1. The Bertz CT molecular complexity index is 481. The summed E-state index contributed by atoms with van der Waals surface area (Å²) in [7, 11) is 1.61. The van der Waals surface area contributed by atoms with E-state index in [0.717, 1.165) is 5.56 Å². The van der Waals surface area contributed by atoms with Crippen LogP contribution in [0.15, 0.2) is 12.1 Å². The van der Waals surface area contributed by atoms with Crippen molar-refractivity contribution in [2.75, 3.05) is 13.7 Å². The van der Waals surface area contributed by atoms with Crippen molar-refractivity contribution in [1.82, 2.24) is 0 Å². The minimum absolute atomic E-state index is 0.0189. The number of methoxy groups -OCH3 is 1. The number of carboxylic acids is 1. The summed E-state index contributed by atoms with van der Waals surface area (Å²) >= 11 is 0. The van der Waals surface area contributed by atoms with Crippen molar-refractivity contribution in [2.45, 2.75) is 32.5 Å². The number of carboxylic acid groups (broad SMARTS) is 1. The highest BCUT2D eigenvalue weighted by Crippen LogP contribution is 2.38. The van der Waals surface area contributed by atoms with Gasteiger partial charge in [-0.15, -0.1) is 0 Å². The van der Waals surface area contributed by atoms with E-state index in [4.69, 9.17) is 19.3 Å². The second-order valence-electron chi connectivity index (χ2n) is 4.82. The van der Waals surface area contributed by atoms with Crippen LogP contribution in [-0.4, -0.2) is 37.0 Å². The van der Waals surface area contributed by atoms with Crippen LogP contribution in [0.2, 0.25) is 0 Å². The van der Waals surface area contributed by atoms with Gasteiger partial charge in [0.05, 0.1) is 18.3 Å². The molecule has 0 saturated heterocycles. The normalized spacial score (nSPS) is 17.2. The van der Waals surface area contributed by atoms with E-state index in [2.05, 4.69) is 0 Å². The average molecular weight is 266 g/mol. The summed E-state index contributed by atoms with van der Waals surface area (Å²) in [5.41, 5.74) is 1.09. The Kier molecular flexibility index (Phi) is 3.95. The summed E-state index contributed by atoms with van der Waals surface area (Å²) in [4.78, 5) is 11.1. The third kappa shape index (κ3) is 2.98. The Morgan fingerprint density at radius 2 is 2.26 bits per heavy atom. The molecule has 0 aromatic heterocycles. The van der Waals surface area contributed by atoms with Gasteiger partial charge in [-0.1, -0.05) is 0 Å². The summed E-state index contributed by atoms with van der Waals surface area (Å²) in [6.45, 7) is 4.28. The lowest BCUT2D eigenvalue weighted by atomic mass is 10.1. The first kappa shape index (κ1) is 13.7. The highest BCUT2D eigenvalue weighted by molar-refractivity contribution is 5.89. The summed E-state index contributed by atoms with van der Waals surface area (Å²) in [5.74, 6) is 0.177. The molecule has 1 aliphatic rings. The zero-order valence-corrected chi connectivity index (χ0v) is 11.3. The van der Waals surface area contributed by atoms with Crippen molar-refractivity contribution < 1.29 is 24.1 Å². The van der Waals surface area contributed by atoms with Gasteiger partial charge in [-0.25, -0.2) is 4.79 Å². The molecule has 0 amide bonds. The summed E-state index contributed by atoms with van der Waals surface area (Å²) in [5, 5.41) is 9.11. The average Bonchev–Trinajstić information content (AvgIpc) is 2.71. The van der Waals surface area contributed by atoms with Gasteiger partial charge in [0.1, 0.15) is 17.6 Å². The lowest BCUT2D eigenvalue weighted by molar-refractivity contribution is 0.0694. The van der Waals surface area contributed by atoms with Crippen LogP contribution in [0.1, 0.15) is 29.8 Å². The molecule has 5 heteroatoms. The maximum absolute atomic E-state index is 11.1. The Morgan fingerprint density at radius 3 is 2.84 bits per heavy atom. The van der Waals surface area contributed by atoms with Crippen LogP contribution in [-0.2, 0) is 11.2 Å². The number of carbonyl (C=O) groups is 1. The molecule has 5 nitrogen and oxygen atoms in total. The van der Waals surface area contributed by atoms with Crippen LogP contribution >= 0.6 is 0 Å². The fourth-order valence-corrected chi connectivity index (χ4v) is 2.14. The van der Waals surface area contributed by atoms with Crippen LogP contribution in [0.3, 0.4) is 0 Å². The zero-order chi connectivity index (χ0) is 14.0. The zero-order valence-electron chi connectivity index (χ0n) is 11.3. The van der Waals surface area contributed by atoms with Gasteiger partial charge in [0, 0.05) is 19.1 Å². The van der Waals surface area contributed by atoms with Crippen molar-refractivity contribution in [3.63, 3.8) is 0 Å². The fraction of sp³-hybridized carbons (Fsp3) is 0.500. The maximum Gasteiger partial charge on any atom is 0.335 e. The Morgan fingerprint density at radius 1 is 1.53 bits per heavy atom. The number of hydrogen-bond donors (Lipinski definition) is 1. The number of benzene rings is 1. The quantitative estimate of drug-likeness (QED) is 0.884. The Labute approximate surface area is 112 Å². The lowest BCUT2D eigenvalue weighted by Gasteiger charge is -2.13. The van der Waals surface area contributed by atoms with Gasteiger partial charge in [-0.2, -0.15) is 0 Å². The van der Waals surface area contributed by atoms with Gasteiger partial charge in [-0.05, 0) is 26.0 Å². The van der Waals surface area contributed by atoms with E-state index >= 15 is 0 Å². The molecule has 104 valence electrons. The first-order valence-corrected chi connectivity index (χ1v) is 6.23.